The summed E-state index contributed by atoms with van der Waals surface area (Å²) in [5.74, 6) is 0.914. The van der Waals surface area contributed by atoms with E-state index in [1.807, 2.05) is 0 Å². The van der Waals surface area contributed by atoms with E-state index >= 15 is 0 Å². The second kappa shape index (κ2) is 7.21. The molecule has 0 aromatic carbocycles. The zero-order valence-corrected chi connectivity index (χ0v) is 15.6. The summed E-state index contributed by atoms with van der Waals surface area (Å²) >= 11 is 2.44. The van der Waals surface area contributed by atoms with Gasteiger partial charge in [-0.15, -0.1) is 0 Å². The molecule has 1 heterocycles. The van der Waals surface area contributed by atoms with Gasteiger partial charge in [0.15, 0.2) is 0 Å². The topological polar surface area (TPSA) is 6.48 Å². The van der Waals surface area contributed by atoms with Crippen LogP contribution in [0.25, 0.3) is 0 Å². The number of hydrogen-bond acceptors (Lipinski definition) is 2. The van der Waals surface area contributed by atoms with Crippen molar-refractivity contribution in [3.8, 4) is 0 Å². The summed E-state index contributed by atoms with van der Waals surface area (Å²) in [6.07, 6.45) is 5.38. The molecular weight excluding hydrogens is 525 g/mol. The number of halogens is 1. The molecule has 1 saturated heterocycles. The van der Waals surface area contributed by atoms with Gasteiger partial charge in [0.1, 0.15) is 0 Å². The second-order valence-corrected chi connectivity index (χ2v) is 5.93. The minimum absolute atomic E-state index is 0. The molecule has 4 heteroatoms. The average molecular weight is 545 g/mol. The van der Waals surface area contributed by atoms with Gasteiger partial charge in [0.2, 0.25) is 0 Å². The van der Waals surface area contributed by atoms with Crippen LogP contribution in [0.15, 0.2) is 0 Å². The van der Waals surface area contributed by atoms with E-state index in [1.54, 1.807) is 0 Å². The van der Waals surface area contributed by atoms with Gasteiger partial charge >= 0.3 is 0 Å². The van der Waals surface area contributed by atoms with Gasteiger partial charge in [-0.2, -0.15) is 6.42 Å². The molecule has 0 radical (unpaired) electrons. The number of nitrogens with zero attached hydrogens (tertiary/aromatic N) is 2. The molecule has 0 amide bonds. The fraction of sp³-hybridized carbons (Fsp3) is 0.909. The van der Waals surface area contributed by atoms with Gasteiger partial charge in [-0.25, -0.2) is 3.11 Å². The summed E-state index contributed by atoms with van der Waals surface area (Å²) in [7, 11) is 0. The van der Waals surface area contributed by atoms with Crippen LogP contribution in [0.5, 0.6) is 0 Å². The van der Waals surface area contributed by atoms with Crippen molar-refractivity contribution in [2.75, 3.05) is 26.2 Å². The predicted octanol–water partition coefficient (Wildman–Crippen LogP) is 2.35. The van der Waals surface area contributed by atoms with Crippen LogP contribution in [-0.2, 0) is 0 Å². The van der Waals surface area contributed by atoms with Gasteiger partial charge in [-0.1, -0.05) is 12.3 Å². The first-order valence-corrected chi connectivity index (χ1v) is 6.70. The van der Waals surface area contributed by atoms with E-state index in [-0.39, 0.29) is 31.1 Å². The first-order valence-electron chi connectivity index (χ1n) is 5.73. The van der Waals surface area contributed by atoms with Crippen molar-refractivity contribution in [3.63, 3.8) is 0 Å². The van der Waals surface area contributed by atoms with Crippen molar-refractivity contribution in [1.82, 2.24) is 8.01 Å². The molecule has 2 rings (SSSR count). The van der Waals surface area contributed by atoms with E-state index in [9.17, 15) is 0 Å². The van der Waals surface area contributed by atoms with Crippen LogP contribution in [-0.4, -0.2) is 40.2 Å². The van der Waals surface area contributed by atoms with Crippen molar-refractivity contribution >= 4 is 22.9 Å². The van der Waals surface area contributed by atoms with E-state index in [2.05, 4.69) is 37.8 Å². The molecule has 2 atom stereocenters. The molecule has 86 valence electrons. The van der Waals surface area contributed by atoms with E-state index < -0.39 is 0 Å². The molecule has 2 aliphatic rings. The number of hydrogen-bond donors (Lipinski definition) is 0. The van der Waals surface area contributed by atoms with Crippen molar-refractivity contribution in [3.05, 3.63) is 6.92 Å². The Bertz CT molecular complexity index is 183. The van der Waals surface area contributed by atoms with Gasteiger partial charge in [0, 0.05) is 86.2 Å². The zero-order chi connectivity index (χ0) is 9.97. The Morgan fingerprint density at radius 2 is 1.80 bits per heavy atom. The molecule has 0 aromatic heterocycles. The molecule has 15 heavy (non-hydrogen) atoms. The summed E-state index contributed by atoms with van der Waals surface area (Å²) in [5.41, 5.74) is 0. The third-order valence-electron chi connectivity index (χ3n) is 3.70. The maximum atomic E-state index is 4.03. The molecule has 2 fully saturated rings. The molecule has 0 spiro atoms. The first-order chi connectivity index (χ1) is 6.79. The Morgan fingerprint density at radius 3 is 2.33 bits per heavy atom. The van der Waals surface area contributed by atoms with E-state index in [4.69, 9.17) is 0 Å². The fourth-order valence-electron chi connectivity index (χ4n) is 2.71. The van der Waals surface area contributed by atoms with E-state index in [1.165, 1.54) is 45.4 Å². The third-order valence-corrected chi connectivity index (χ3v) is 4.66. The van der Waals surface area contributed by atoms with Crippen LogP contribution in [0.2, 0.25) is 0 Å². The SMILES string of the molecule is [CH2-]CC1CCC(N2CCN(I)CC2)C1.[U]. The summed E-state index contributed by atoms with van der Waals surface area (Å²) < 4.78 is 2.40. The van der Waals surface area contributed by atoms with Crippen LogP contribution in [0.3, 0.4) is 0 Å². The predicted molar refractivity (Wildman–Crippen MR) is 68.3 cm³/mol. The van der Waals surface area contributed by atoms with E-state index in [0.29, 0.717) is 0 Å². The van der Waals surface area contributed by atoms with Crippen molar-refractivity contribution in [2.24, 2.45) is 5.92 Å². The Balaban J connectivity index is 0.00000112. The normalized spacial score (nSPS) is 34.0. The average Bonchev–Trinajstić information content (AvgIpc) is 2.67. The van der Waals surface area contributed by atoms with Gasteiger partial charge in [-0.3, -0.25) is 4.90 Å². The van der Waals surface area contributed by atoms with Crippen molar-refractivity contribution in [2.45, 2.75) is 31.7 Å². The molecule has 1 aliphatic carbocycles. The van der Waals surface area contributed by atoms with Crippen LogP contribution in [0.4, 0.5) is 0 Å². The van der Waals surface area contributed by atoms with Crippen molar-refractivity contribution in [1.29, 1.82) is 0 Å². The molecule has 0 bridgehead atoms. The summed E-state index contributed by atoms with van der Waals surface area (Å²) in [6, 6.07) is 0.881. The van der Waals surface area contributed by atoms with Gasteiger partial charge in [-0.05, 0) is 12.8 Å². The maximum Gasteiger partial charge on any atom is 0.0209 e. The Hall–Kier alpha value is 1.70. The molecule has 0 N–H and O–H groups in total. The molecule has 2 nitrogen and oxygen atoms in total. The maximum absolute atomic E-state index is 4.03. The smallest absolute Gasteiger partial charge is 0.0209 e. The van der Waals surface area contributed by atoms with Crippen LogP contribution < -0.4 is 0 Å². The molecular formula is C11H20IN2U-. The molecule has 2 unspecified atom stereocenters. The summed E-state index contributed by atoms with van der Waals surface area (Å²) in [5, 5.41) is 0. The second-order valence-electron chi connectivity index (χ2n) is 4.57. The van der Waals surface area contributed by atoms with Crippen molar-refractivity contribution < 1.29 is 31.1 Å². The van der Waals surface area contributed by atoms with Gasteiger partial charge < -0.3 is 6.92 Å². The standard InChI is InChI=1S/C11H20IN2.U/c1-2-10-3-4-11(9-10)13-5-7-14(12)8-6-13;/h10-11H,1-9H2;/q-1;. The van der Waals surface area contributed by atoms with Crippen LogP contribution in [0.1, 0.15) is 25.7 Å². The molecule has 1 saturated carbocycles. The van der Waals surface area contributed by atoms with Gasteiger partial charge in [0.05, 0.1) is 0 Å². The molecule has 0 aromatic rings. The minimum atomic E-state index is 0. The number of piperazine rings is 1. The largest absolute Gasteiger partial charge is 0.343 e. The zero-order valence-electron chi connectivity index (χ0n) is 9.29. The third kappa shape index (κ3) is 4.13. The first kappa shape index (κ1) is 14.8. The Kier molecular flexibility index (Phi) is 7.09. The Morgan fingerprint density at radius 1 is 1.13 bits per heavy atom. The Labute approximate surface area is 131 Å². The van der Waals surface area contributed by atoms with E-state index in [0.717, 1.165) is 18.4 Å². The summed E-state index contributed by atoms with van der Waals surface area (Å²) in [6.45, 7) is 9.07. The van der Waals surface area contributed by atoms with Crippen LogP contribution in [0, 0.1) is 44.0 Å². The van der Waals surface area contributed by atoms with Crippen LogP contribution >= 0.6 is 22.9 Å². The minimum Gasteiger partial charge on any atom is -0.343 e. The quantitative estimate of drug-likeness (QED) is 0.299. The summed E-state index contributed by atoms with van der Waals surface area (Å²) in [4.78, 5) is 2.70. The fourth-order valence-corrected chi connectivity index (χ4v) is 3.14. The molecule has 1 aliphatic heterocycles. The van der Waals surface area contributed by atoms with Gasteiger partial charge in [0.25, 0.3) is 0 Å². The monoisotopic (exact) mass is 545 g/mol. The number of rotatable bonds is 2.